The van der Waals surface area contributed by atoms with E-state index in [-0.39, 0.29) is 6.04 Å². The van der Waals surface area contributed by atoms with Gasteiger partial charge in [-0.25, -0.2) is 0 Å². The zero-order valence-electron chi connectivity index (χ0n) is 13.9. The minimum atomic E-state index is 0.106. The Balaban J connectivity index is 1.88. The summed E-state index contributed by atoms with van der Waals surface area (Å²) in [6.45, 7) is 2.05. The van der Waals surface area contributed by atoms with E-state index in [2.05, 4.69) is 28.5 Å². The molecule has 1 unspecified atom stereocenters. The Labute approximate surface area is 141 Å². The highest BCUT2D eigenvalue weighted by molar-refractivity contribution is 5.98. The van der Waals surface area contributed by atoms with E-state index in [9.17, 15) is 0 Å². The van der Waals surface area contributed by atoms with Gasteiger partial charge in [-0.05, 0) is 43.4 Å². The number of allylic oxidation sites excluding steroid dienone is 1. The Morgan fingerprint density at radius 2 is 2.08 bits per heavy atom. The van der Waals surface area contributed by atoms with E-state index in [1.807, 2.05) is 18.3 Å². The average molecular weight is 321 g/mol. The molecule has 0 saturated heterocycles. The topological polar surface area (TPSA) is 90.6 Å². The van der Waals surface area contributed by atoms with Crippen LogP contribution in [-0.2, 0) is 0 Å². The summed E-state index contributed by atoms with van der Waals surface area (Å²) in [5.41, 5.74) is 13.4. The molecule has 1 atom stereocenters. The van der Waals surface area contributed by atoms with E-state index in [1.54, 1.807) is 0 Å². The summed E-state index contributed by atoms with van der Waals surface area (Å²) in [4.78, 5) is 0. The van der Waals surface area contributed by atoms with Gasteiger partial charge in [0.1, 0.15) is 0 Å². The predicted octanol–water partition coefficient (Wildman–Crippen LogP) is 4.04. The molecule has 1 aliphatic carbocycles. The number of nitrogens with zero attached hydrogens (tertiary/aromatic N) is 1. The van der Waals surface area contributed by atoms with E-state index in [4.69, 9.17) is 11.1 Å². The van der Waals surface area contributed by atoms with Crippen LogP contribution in [0.2, 0.25) is 0 Å². The van der Waals surface area contributed by atoms with Crippen molar-refractivity contribution in [1.82, 2.24) is 10.2 Å². The highest BCUT2D eigenvalue weighted by Gasteiger charge is 2.30. The molecule has 5 nitrogen and oxygen atoms in total. The number of aryl methyl sites for hydroxylation is 1. The Morgan fingerprint density at radius 1 is 1.29 bits per heavy atom. The highest BCUT2D eigenvalue weighted by atomic mass is 15.1. The third-order valence-electron chi connectivity index (χ3n) is 5.37. The first kappa shape index (κ1) is 15.0. The number of aromatic nitrogens is 2. The molecule has 5 N–H and O–H groups in total. The summed E-state index contributed by atoms with van der Waals surface area (Å²) >= 11 is 0. The Hall–Kier alpha value is -2.56. The van der Waals surface area contributed by atoms with Crippen LogP contribution in [0.5, 0.6) is 0 Å². The smallest absolute Gasteiger partial charge is 0.0737 e. The van der Waals surface area contributed by atoms with E-state index in [0.29, 0.717) is 11.6 Å². The van der Waals surface area contributed by atoms with Crippen LogP contribution >= 0.6 is 0 Å². The van der Waals surface area contributed by atoms with Gasteiger partial charge in [-0.3, -0.25) is 5.10 Å². The van der Waals surface area contributed by atoms with Crippen molar-refractivity contribution >= 4 is 23.2 Å². The molecule has 24 heavy (non-hydrogen) atoms. The molecule has 0 spiro atoms. The fraction of sp³-hybridized carbons (Fsp3) is 0.368. The number of hydrogen-bond donors (Lipinski definition) is 4. The van der Waals surface area contributed by atoms with Gasteiger partial charge >= 0.3 is 0 Å². The lowest BCUT2D eigenvalue weighted by Crippen LogP contribution is -2.19. The molecule has 2 heterocycles. The van der Waals surface area contributed by atoms with Crippen LogP contribution < -0.4 is 11.1 Å². The second kappa shape index (κ2) is 5.82. The minimum Gasteiger partial charge on any atom is -0.398 e. The van der Waals surface area contributed by atoms with Crippen molar-refractivity contribution in [3.63, 3.8) is 0 Å². The van der Waals surface area contributed by atoms with Gasteiger partial charge in [0.15, 0.2) is 0 Å². The normalized spacial score (nSPS) is 20.4. The maximum Gasteiger partial charge on any atom is 0.0737 e. The Kier molecular flexibility index (Phi) is 3.63. The van der Waals surface area contributed by atoms with E-state index in [0.717, 1.165) is 22.5 Å². The number of nitrogen functional groups attached to an aromatic ring is 1. The Bertz CT molecular complexity index is 811. The van der Waals surface area contributed by atoms with Crippen molar-refractivity contribution in [3.05, 3.63) is 46.8 Å². The lowest BCUT2D eigenvalue weighted by atomic mass is 9.82. The Morgan fingerprint density at radius 3 is 2.75 bits per heavy atom. The van der Waals surface area contributed by atoms with Gasteiger partial charge < -0.3 is 16.5 Å². The van der Waals surface area contributed by atoms with Gasteiger partial charge in [0.05, 0.1) is 12.2 Å². The molecular weight excluding hydrogens is 298 g/mol. The molecular formula is C19H23N5. The van der Waals surface area contributed by atoms with Crippen LogP contribution in [0.25, 0.3) is 5.57 Å². The number of aromatic amines is 1. The highest BCUT2D eigenvalue weighted by Crippen LogP contribution is 2.46. The maximum absolute atomic E-state index is 7.83. The standard InChI is InChI=1S/C19H23N5/c1-11-15(10-22-24-11)18-8-13(12-4-2-3-5-12)19-14(9-20)16(21)6-7-17(19)23-18/h6-10,12,18,20,23H,2-5,21H2,1H3,(H,22,24). The molecule has 0 amide bonds. The monoisotopic (exact) mass is 321 g/mol. The molecule has 1 aromatic heterocycles. The zero-order chi connectivity index (χ0) is 16.7. The predicted molar refractivity (Wildman–Crippen MR) is 98.4 cm³/mol. The molecule has 124 valence electrons. The van der Waals surface area contributed by atoms with E-state index < -0.39 is 0 Å². The molecule has 1 fully saturated rings. The van der Waals surface area contributed by atoms with Gasteiger partial charge in [0.2, 0.25) is 0 Å². The average Bonchev–Trinajstić information content (AvgIpc) is 3.25. The van der Waals surface area contributed by atoms with Crippen LogP contribution in [0.15, 0.2) is 24.4 Å². The van der Waals surface area contributed by atoms with Crippen LogP contribution in [0.3, 0.4) is 0 Å². The number of rotatable bonds is 3. The van der Waals surface area contributed by atoms with Crippen molar-refractivity contribution in [2.24, 2.45) is 5.92 Å². The van der Waals surface area contributed by atoms with Crippen LogP contribution in [-0.4, -0.2) is 16.4 Å². The summed E-state index contributed by atoms with van der Waals surface area (Å²) < 4.78 is 0. The van der Waals surface area contributed by atoms with Crippen molar-refractivity contribution in [2.75, 3.05) is 11.1 Å². The van der Waals surface area contributed by atoms with Crippen LogP contribution in [0, 0.1) is 18.3 Å². The van der Waals surface area contributed by atoms with Gasteiger partial charge in [0, 0.05) is 40.0 Å². The van der Waals surface area contributed by atoms with Crippen molar-refractivity contribution in [1.29, 1.82) is 5.41 Å². The van der Waals surface area contributed by atoms with Crippen molar-refractivity contribution < 1.29 is 0 Å². The van der Waals surface area contributed by atoms with E-state index >= 15 is 0 Å². The fourth-order valence-electron chi connectivity index (χ4n) is 4.11. The number of hydrogen-bond acceptors (Lipinski definition) is 4. The molecule has 0 radical (unpaired) electrons. The third kappa shape index (κ3) is 2.31. The van der Waals surface area contributed by atoms with Crippen LogP contribution in [0.1, 0.15) is 54.1 Å². The summed E-state index contributed by atoms with van der Waals surface area (Å²) in [5.74, 6) is 0.557. The van der Waals surface area contributed by atoms with E-state index in [1.165, 1.54) is 43.0 Å². The lowest BCUT2D eigenvalue weighted by Gasteiger charge is -2.31. The molecule has 0 bridgehead atoms. The zero-order valence-corrected chi connectivity index (χ0v) is 13.9. The second-order valence-electron chi connectivity index (χ2n) is 6.81. The minimum absolute atomic E-state index is 0.106. The molecule has 2 aromatic rings. The number of fused-ring (bicyclic) bond motifs is 1. The van der Waals surface area contributed by atoms with Crippen molar-refractivity contribution in [3.8, 4) is 0 Å². The first-order valence-corrected chi connectivity index (χ1v) is 8.60. The first-order chi connectivity index (χ1) is 11.7. The maximum atomic E-state index is 7.83. The molecule has 2 aliphatic rings. The lowest BCUT2D eigenvalue weighted by molar-refractivity contribution is 0.698. The van der Waals surface area contributed by atoms with Crippen molar-refractivity contribution in [2.45, 2.75) is 38.6 Å². The fourth-order valence-corrected chi connectivity index (χ4v) is 4.11. The molecule has 1 saturated carbocycles. The number of H-pyrrole nitrogens is 1. The summed E-state index contributed by atoms with van der Waals surface area (Å²) in [5, 5.41) is 18.6. The van der Waals surface area contributed by atoms with Crippen LogP contribution in [0.4, 0.5) is 11.4 Å². The third-order valence-corrected chi connectivity index (χ3v) is 5.37. The largest absolute Gasteiger partial charge is 0.398 e. The molecule has 1 aromatic carbocycles. The summed E-state index contributed by atoms with van der Waals surface area (Å²) in [6.07, 6.45) is 10.6. The van der Waals surface area contributed by atoms with Gasteiger partial charge in [-0.2, -0.15) is 5.10 Å². The molecule has 1 aliphatic heterocycles. The summed E-state index contributed by atoms with van der Waals surface area (Å²) in [6, 6.07) is 4.04. The number of nitrogens with one attached hydrogen (secondary N) is 3. The number of benzene rings is 1. The summed E-state index contributed by atoms with van der Waals surface area (Å²) in [7, 11) is 0. The van der Waals surface area contributed by atoms with Gasteiger partial charge in [-0.15, -0.1) is 0 Å². The first-order valence-electron chi connectivity index (χ1n) is 8.60. The quantitative estimate of drug-likeness (QED) is 0.508. The number of anilines is 2. The second-order valence-corrected chi connectivity index (χ2v) is 6.81. The molecule has 5 heteroatoms. The van der Waals surface area contributed by atoms with Gasteiger partial charge in [-0.1, -0.05) is 18.9 Å². The SMILES string of the molecule is Cc1[nH]ncc1C1C=C(C2CCCC2)c2c(ccc(N)c2C=N)N1. The molecule has 4 rings (SSSR count). The number of nitrogens with two attached hydrogens (primary N) is 1. The van der Waals surface area contributed by atoms with Gasteiger partial charge in [0.25, 0.3) is 0 Å².